The predicted molar refractivity (Wildman–Crippen MR) is 488 cm³/mol. The molecule has 9 aromatic carbocycles. The van der Waals surface area contributed by atoms with E-state index in [4.69, 9.17) is 38.8 Å². The van der Waals surface area contributed by atoms with Crippen LogP contribution in [0.3, 0.4) is 0 Å². The van der Waals surface area contributed by atoms with E-state index in [0.29, 0.717) is 52.4 Å². The van der Waals surface area contributed by atoms with Gasteiger partial charge in [-0.05, 0) is 186 Å². The Balaban J connectivity index is 0.825. The zero-order chi connectivity index (χ0) is 79.0. The number of ether oxygens (including phenoxy) is 3. The van der Waals surface area contributed by atoms with E-state index < -0.39 is 7.05 Å². The molecule has 0 saturated carbocycles. The van der Waals surface area contributed by atoms with Gasteiger partial charge < -0.3 is 27.9 Å². The van der Waals surface area contributed by atoms with Crippen molar-refractivity contribution in [2.75, 3.05) is 0 Å². The first kappa shape index (κ1) is 83.9. The Labute approximate surface area is 688 Å². The molecule has 13 rings (SSSR count). The van der Waals surface area contributed by atoms with E-state index in [1.807, 2.05) is 0 Å². The molecule has 6 bridgehead atoms. The molecule has 1 aliphatic heterocycles. The maximum Gasteiger partial charge on any atom is 0.419 e. The normalized spacial score (nSPS) is 11.8. The van der Waals surface area contributed by atoms with E-state index >= 15 is 0 Å². The molecule has 12 aromatic rings. The molecule has 10 nitrogen and oxygen atoms in total. The van der Waals surface area contributed by atoms with Crippen LogP contribution in [0, 0.1) is 0 Å². The van der Waals surface area contributed by atoms with Gasteiger partial charge in [0.05, 0.1) is 6.61 Å². The number of unbranched alkanes of at least 4 members (excludes halogenated alkanes) is 36. The molecule has 1 aliphatic rings. The van der Waals surface area contributed by atoms with E-state index in [-0.39, 0.29) is 0 Å². The van der Waals surface area contributed by atoms with Crippen LogP contribution in [0.25, 0.3) is 88.5 Å². The van der Waals surface area contributed by atoms with Crippen LogP contribution < -0.4 is 14.2 Å². The molecular weight excluding hydrogens is 1410 g/mol. The maximum atomic E-state index is 7.37. The molecule has 0 N–H and O–H groups in total. The molecule has 0 aliphatic carbocycles. The van der Waals surface area contributed by atoms with Crippen LogP contribution in [0.5, 0.6) is 34.5 Å². The van der Waals surface area contributed by atoms with Gasteiger partial charge in [0.2, 0.25) is 0 Å². The van der Waals surface area contributed by atoms with Gasteiger partial charge in [0.1, 0.15) is 57.1 Å². The minimum atomic E-state index is -0.603. The van der Waals surface area contributed by atoms with E-state index in [9.17, 15) is 0 Å². The Bertz CT molecular complexity index is 5060. The van der Waals surface area contributed by atoms with Crippen molar-refractivity contribution < 1.29 is 18.9 Å². The van der Waals surface area contributed by atoms with Crippen molar-refractivity contribution in [1.82, 2.24) is 29.0 Å². The van der Waals surface area contributed by atoms with Gasteiger partial charge in [0.15, 0.2) is 11.6 Å². The summed E-state index contributed by atoms with van der Waals surface area (Å²) in [6.07, 6.45) is 55.4. The van der Waals surface area contributed by atoms with E-state index in [1.54, 1.807) is 0 Å². The molecule has 3 aromatic heterocycles. The number of aryl methyl sites for hydroxylation is 4. The van der Waals surface area contributed by atoms with Gasteiger partial charge in [-0.15, -0.1) is 0 Å². The van der Waals surface area contributed by atoms with Gasteiger partial charge in [-0.2, -0.15) is 0 Å². The number of aromatic nitrogens is 6. The monoisotopic (exact) mass is 1540 g/mol. The Morgan fingerprint density at radius 2 is 0.617 bits per heavy atom. The molecule has 0 unspecified atom stereocenters. The fourth-order valence-electron chi connectivity index (χ4n) is 17.5. The van der Waals surface area contributed by atoms with Crippen LogP contribution in [-0.2, 0) is 37.6 Å². The van der Waals surface area contributed by atoms with Crippen LogP contribution in [0.4, 0.5) is 0 Å². The average Bonchev–Trinajstić information content (AvgIpc) is 1.57. The SMILES string of the molecule is CCCCCCCCCCCCCCCc1cccc(Oc2ccc3c(c2)-c2nc-3nc3c4cc(Oc5cccc(CCCCCCCCCCCCCCC)c5)ccc4c(nc4c5ccc(Oc6cccc(CCCCCCCCCCCCCCC)c6)cc5c(n2)n4C)n3B(C)OCc2c3ccccc3cc3ccccc23)c1. The summed E-state index contributed by atoms with van der Waals surface area (Å²) in [5.41, 5.74) is 9.40. The molecule has 0 amide bonds. The predicted octanol–water partition coefficient (Wildman–Crippen LogP) is 31.6. The molecular formula is C104H131BN6O4. The molecule has 0 saturated heterocycles. The fourth-order valence-corrected chi connectivity index (χ4v) is 17.5. The standard InChI is InChI=1S/C104H131BN6O4/c1-6-9-12-15-18-21-24-27-30-33-36-39-42-52-79-55-49-60-84(71-79)113-87-65-68-92-95(75-87)100-106-99(92)108-104-97-77-89(115-86-62-51-57-81(73-86)54-44-41-38-35-32-29-26-23-20-17-14-11-8-3)67-70-94(97)103(111(104)105(4)112-78-98-90-63-47-45-58-82(90)74-83-59-46-48-64-91(83)98)109-101-93-69-66-88(76-96(93)102(107-100)110(101)5)114-85-61-50-56-80(72-85)53-43-40-37-34-31-28-25-22-19-16-13-10-7-2/h45-51,55-77H,6-44,52-54,78H2,1-5H3. The topological polar surface area (TPSA) is 98.3 Å². The summed E-state index contributed by atoms with van der Waals surface area (Å²) in [6, 6.07) is 64.5. The summed E-state index contributed by atoms with van der Waals surface area (Å²) in [5.74, 6) is 5.57. The zero-order valence-corrected chi connectivity index (χ0v) is 70.6. The second-order valence-corrected chi connectivity index (χ2v) is 33.4. The van der Waals surface area contributed by atoms with Crippen molar-refractivity contribution in [2.45, 2.75) is 304 Å². The Morgan fingerprint density at radius 3 is 1.05 bits per heavy atom. The number of hydrogen-bond donors (Lipinski definition) is 0. The molecule has 0 fully saturated rings. The van der Waals surface area contributed by atoms with E-state index in [2.05, 4.69) is 226 Å². The zero-order valence-electron chi connectivity index (χ0n) is 70.6. The van der Waals surface area contributed by atoms with E-state index in [0.717, 1.165) is 97.6 Å². The van der Waals surface area contributed by atoms with Gasteiger partial charge in [-0.1, -0.05) is 337 Å². The molecule has 0 radical (unpaired) electrons. The third-order valence-electron chi connectivity index (χ3n) is 24.2. The summed E-state index contributed by atoms with van der Waals surface area (Å²) in [5, 5.41) is 8.19. The molecule has 4 heterocycles. The van der Waals surface area contributed by atoms with Gasteiger partial charge in [-0.3, -0.25) is 0 Å². The molecule has 0 atom stereocenters. The lowest BCUT2D eigenvalue weighted by Gasteiger charge is -2.16. The van der Waals surface area contributed by atoms with E-state index in [1.165, 1.54) is 271 Å². The van der Waals surface area contributed by atoms with Gasteiger partial charge in [0, 0.05) is 39.7 Å². The number of rotatable bonds is 52. The van der Waals surface area contributed by atoms with Crippen LogP contribution in [0.1, 0.15) is 293 Å². The first-order chi connectivity index (χ1) is 56.8. The maximum absolute atomic E-state index is 7.37. The van der Waals surface area contributed by atoms with Crippen molar-refractivity contribution in [3.63, 3.8) is 0 Å². The molecule has 0 spiro atoms. The minimum Gasteiger partial charge on any atom is -0.457 e. The van der Waals surface area contributed by atoms with Crippen molar-refractivity contribution >= 4 is 72.7 Å². The fraction of sp³-hybridized carbons (Fsp3) is 0.462. The van der Waals surface area contributed by atoms with Crippen LogP contribution >= 0.6 is 0 Å². The third kappa shape index (κ3) is 23.8. The number of fused-ring (bicyclic) bond motifs is 17. The highest BCUT2D eigenvalue weighted by Gasteiger charge is 2.28. The highest BCUT2D eigenvalue weighted by atomic mass is 16.5. The smallest absolute Gasteiger partial charge is 0.419 e. The summed E-state index contributed by atoms with van der Waals surface area (Å²) in [4.78, 5) is 22.8. The van der Waals surface area contributed by atoms with Gasteiger partial charge >= 0.3 is 7.05 Å². The van der Waals surface area contributed by atoms with Crippen molar-refractivity contribution in [3.05, 3.63) is 204 Å². The Morgan fingerprint density at radius 1 is 0.278 bits per heavy atom. The summed E-state index contributed by atoms with van der Waals surface area (Å²) in [7, 11) is 1.47. The Kier molecular flexibility index (Phi) is 32.7. The summed E-state index contributed by atoms with van der Waals surface area (Å²) in [6.45, 7) is 9.35. The lowest BCUT2D eigenvalue weighted by molar-refractivity contribution is 0.309. The van der Waals surface area contributed by atoms with Crippen LogP contribution in [0.2, 0.25) is 6.82 Å². The third-order valence-corrected chi connectivity index (χ3v) is 24.2. The molecule has 11 heteroatoms. The second-order valence-electron chi connectivity index (χ2n) is 33.4. The van der Waals surface area contributed by atoms with Gasteiger partial charge in [-0.25, -0.2) is 19.9 Å². The number of benzene rings is 9. The highest BCUT2D eigenvalue weighted by molar-refractivity contribution is 6.51. The first-order valence-corrected chi connectivity index (χ1v) is 45.7. The van der Waals surface area contributed by atoms with Crippen LogP contribution in [0.15, 0.2) is 182 Å². The van der Waals surface area contributed by atoms with Crippen molar-refractivity contribution in [3.8, 4) is 57.3 Å². The minimum absolute atomic E-state index is 0.328. The summed E-state index contributed by atoms with van der Waals surface area (Å²) >= 11 is 0. The second kappa shape index (κ2) is 44.9. The van der Waals surface area contributed by atoms with Crippen LogP contribution in [-0.4, -0.2) is 36.0 Å². The largest absolute Gasteiger partial charge is 0.457 e. The van der Waals surface area contributed by atoms with Gasteiger partial charge in [0.25, 0.3) is 0 Å². The molecule has 115 heavy (non-hydrogen) atoms. The highest BCUT2D eigenvalue weighted by Crippen LogP contribution is 2.42. The first-order valence-electron chi connectivity index (χ1n) is 45.7. The lowest BCUT2D eigenvalue weighted by atomic mass is 9.86. The number of hydrogen-bond acceptors (Lipinski definition) is 8. The summed E-state index contributed by atoms with van der Waals surface area (Å²) < 4.78 is 32.4. The Hall–Kier alpha value is -9.06. The average molecular weight is 1540 g/mol. The van der Waals surface area contributed by atoms with Crippen molar-refractivity contribution in [1.29, 1.82) is 0 Å². The van der Waals surface area contributed by atoms with Crippen molar-refractivity contribution in [2.24, 2.45) is 7.05 Å². The molecule has 604 valence electrons. The quantitative estimate of drug-likeness (QED) is 0.0211. The lowest BCUT2D eigenvalue weighted by Crippen LogP contribution is -2.25. The number of nitrogens with zero attached hydrogens (tertiary/aromatic N) is 6.